The molecule has 2 aromatic rings. The van der Waals surface area contributed by atoms with Crippen LogP contribution in [0.5, 0.6) is 0 Å². The van der Waals surface area contributed by atoms with Crippen LogP contribution in [-0.4, -0.2) is 34.6 Å². The Bertz CT molecular complexity index is 681. The molecule has 0 unspecified atom stereocenters. The Balaban J connectivity index is 1.76. The zero-order valence-electron chi connectivity index (χ0n) is 13.7. The standard InChI is InChI=1S/C18H25N3S/c1-4-19-18(22)21-9-7-14(8-10-21)17-13(3)15-11-12(2)5-6-16(15)20-17/h5-6,11,14,20H,4,7-10H2,1-3H3,(H,19,22). The lowest BCUT2D eigenvalue weighted by Crippen LogP contribution is -2.43. The molecule has 1 saturated heterocycles. The molecule has 2 N–H and O–H groups in total. The fourth-order valence-electron chi connectivity index (χ4n) is 3.50. The van der Waals surface area contributed by atoms with Crippen LogP contribution in [0.25, 0.3) is 10.9 Å². The molecule has 0 aliphatic carbocycles. The van der Waals surface area contributed by atoms with Crippen LogP contribution in [0, 0.1) is 13.8 Å². The Morgan fingerprint density at radius 1 is 1.32 bits per heavy atom. The molecule has 0 saturated carbocycles. The zero-order chi connectivity index (χ0) is 15.7. The first-order valence-corrected chi connectivity index (χ1v) is 8.62. The van der Waals surface area contributed by atoms with E-state index in [0.717, 1.165) is 37.6 Å². The zero-order valence-corrected chi connectivity index (χ0v) is 14.5. The second-order valence-electron chi connectivity index (χ2n) is 6.31. The van der Waals surface area contributed by atoms with Gasteiger partial charge in [0, 0.05) is 42.1 Å². The number of benzene rings is 1. The quantitative estimate of drug-likeness (QED) is 0.825. The molecule has 1 aromatic carbocycles. The van der Waals surface area contributed by atoms with Gasteiger partial charge in [-0.3, -0.25) is 0 Å². The van der Waals surface area contributed by atoms with Crippen molar-refractivity contribution in [3.63, 3.8) is 0 Å². The number of aromatic nitrogens is 1. The molecule has 0 radical (unpaired) electrons. The molecule has 0 atom stereocenters. The third-order valence-electron chi connectivity index (χ3n) is 4.77. The number of hydrogen-bond acceptors (Lipinski definition) is 1. The lowest BCUT2D eigenvalue weighted by Gasteiger charge is -2.33. The summed E-state index contributed by atoms with van der Waals surface area (Å²) in [6.07, 6.45) is 2.33. The van der Waals surface area contributed by atoms with Crippen molar-refractivity contribution in [2.75, 3.05) is 19.6 Å². The smallest absolute Gasteiger partial charge is 0.168 e. The van der Waals surface area contributed by atoms with Gasteiger partial charge in [-0.25, -0.2) is 0 Å². The van der Waals surface area contributed by atoms with E-state index in [-0.39, 0.29) is 0 Å². The Morgan fingerprint density at radius 3 is 2.73 bits per heavy atom. The van der Waals surface area contributed by atoms with Crippen molar-refractivity contribution in [1.82, 2.24) is 15.2 Å². The van der Waals surface area contributed by atoms with E-state index >= 15 is 0 Å². The number of thiocarbonyl (C=S) groups is 1. The highest BCUT2D eigenvalue weighted by atomic mass is 32.1. The van der Waals surface area contributed by atoms with Crippen molar-refractivity contribution < 1.29 is 0 Å². The summed E-state index contributed by atoms with van der Waals surface area (Å²) in [5.41, 5.74) is 5.44. The van der Waals surface area contributed by atoms with Crippen LogP contribution in [0.4, 0.5) is 0 Å². The fraction of sp³-hybridized carbons (Fsp3) is 0.500. The fourth-order valence-corrected chi connectivity index (χ4v) is 3.83. The number of fused-ring (bicyclic) bond motifs is 1. The van der Waals surface area contributed by atoms with Gasteiger partial charge in [0.05, 0.1) is 0 Å². The summed E-state index contributed by atoms with van der Waals surface area (Å²) in [6, 6.07) is 6.68. The maximum absolute atomic E-state index is 5.43. The first-order chi connectivity index (χ1) is 10.6. The Kier molecular flexibility index (Phi) is 4.39. The van der Waals surface area contributed by atoms with E-state index in [4.69, 9.17) is 12.2 Å². The number of aromatic amines is 1. The molecule has 118 valence electrons. The predicted octanol–water partition coefficient (Wildman–Crippen LogP) is 3.86. The van der Waals surface area contributed by atoms with E-state index in [1.165, 1.54) is 27.7 Å². The lowest BCUT2D eigenvalue weighted by molar-refractivity contribution is 0.307. The average molecular weight is 315 g/mol. The van der Waals surface area contributed by atoms with Gasteiger partial charge >= 0.3 is 0 Å². The molecular weight excluding hydrogens is 290 g/mol. The minimum Gasteiger partial charge on any atom is -0.363 e. The molecule has 1 aliphatic rings. The van der Waals surface area contributed by atoms with Crippen molar-refractivity contribution in [3.05, 3.63) is 35.0 Å². The molecule has 0 spiro atoms. The summed E-state index contributed by atoms with van der Waals surface area (Å²) >= 11 is 5.43. The van der Waals surface area contributed by atoms with E-state index in [9.17, 15) is 0 Å². The number of H-pyrrole nitrogens is 1. The highest BCUT2D eigenvalue weighted by Crippen LogP contribution is 2.33. The van der Waals surface area contributed by atoms with Crippen LogP contribution < -0.4 is 5.32 Å². The summed E-state index contributed by atoms with van der Waals surface area (Å²) in [5.74, 6) is 0.619. The van der Waals surface area contributed by atoms with Gasteiger partial charge in [-0.15, -0.1) is 0 Å². The minimum atomic E-state index is 0.619. The number of piperidine rings is 1. The topological polar surface area (TPSA) is 31.1 Å². The number of nitrogens with one attached hydrogen (secondary N) is 2. The summed E-state index contributed by atoms with van der Waals surface area (Å²) < 4.78 is 0. The Hall–Kier alpha value is -1.55. The van der Waals surface area contributed by atoms with E-state index in [1.54, 1.807) is 0 Å². The van der Waals surface area contributed by atoms with Crippen LogP contribution in [0.2, 0.25) is 0 Å². The third-order valence-corrected chi connectivity index (χ3v) is 5.17. The third kappa shape index (κ3) is 2.84. The Labute approximate surface area is 138 Å². The van der Waals surface area contributed by atoms with Crippen LogP contribution >= 0.6 is 12.2 Å². The van der Waals surface area contributed by atoms with E-state index < -0.39 is 0 Å². The summed E-state index contributed by atoms with van der Waals surface area (Å²) in [4.78, 5) is 5.97. The van der Waals surface area contributed by atoms with E-state index in [1.807, 2.05) is 0 Å². The molecule has 0 amide bonds. The average Bonchev–Trinajstić information content (AvgIpc) is 2.84. The largest absolute Gasteiger partial charge is 0.363 e. The van der Waals surface area contributed by atoms with Gasteiger partial charge in [0.25, 0.3) is 0 Å². The molecule has 1 aromatic heterocycles. The van der Waals surface area contributed by atoms with Gasteiger partial charge in [0.1, 0.15) is 0 Å². The molecule has 1 fully saturated rings. The minimum absolute atomic E-state index is 0.619. The molecule has 4 heteroatoms. The number of hydrogen-bond donors (Lipinski definition) is 2. The molecule has 1 aliphatic heterocycles. The van der Waals surface area contributed by atoms with E-state index in [2.05, 4.69) is 54.2 Å². The maximum atomic E-state index is 5.43. The molecule has 3 nitrogen and oxygen atoms in total. The van der Waals surface area contributed by atoms with Crippen molar-refractivity contribution in [3.8, 4) is 0 Å². The summed E-state index contributed by atoms with van der Waals surface area (Å²) in [6.45, 7) is 9.50. The molecular formula is C18H25N3S. The first kappa shape index (κ1) is 15.3. The summed E-state index contributed by atoms with van der Waals surface area (Å²) in [7, 11) is 0. The predicted molar refractivity (Wildman–Crippen MR) is 97.6 cm³/mol. The van der Waals surface area contributed by atoms with Gasteiger partial charge in [-0.1, -0.05) is 11.6 Å². The number of likely N-dealkylation sites (tertiary alicyclic amines) is 1. The Morgan fingerprint density at radius 2 is 2.05 bits per heavy atom. The van der Waals surface area contributed by atoms with Gasteiger partial charge in [0.2, 0.25) is 0 Å². The number of aryl methyl sites for hydroxylation is 2. The SMILES string of the molecule is CCNC(=S)N1CCC(c2[nH]c3ccc(C)cc3c2C)CC1. The van der Waals surface area contributed by atoms with Gasteiger partial charge in [-0.05, 0) is 63.5 Å². The molecule has 0 bridgehead atoms. The second-order valence-corrected chi connectivity index (χ2v) is 6.70. The maximum Gasteiger partial charge on any atom is 0.168 e. The second kappa shape index (κ2) is 6.29. The highest BCUT2D eigenvalue weighted by molar-refractivity contribution is 7.80. The molecule has 3 rings (SSSR count). The lowest BCUT2D eigenvalue weighted by atomic mass is 9.91. The van der Waals surface area contributed by atoms with Crippen LogP contribution in [0.3, 0.4) is 0 Å². The highest BCUT2D eigenvalue weighted by Gasteiger charge is 2.24. The van der Waals surface area contributed by atoms with Crippen molar-refractivity contribution in [2.24, 2.45) is 0 Å². The van der Waals surface area contributed by atoms with Crippen molar-refractivity contribution in [2.45, 2.75) is 39.5 Å². The monoisotopic (exact) mass is 315 g/mol. The first-order valence-electron chi connectivity index (χ1n) is 8.21. The summed E-state index contributed by atoms with van der Waals surface area (Å²) in [5, 5.41) is 5.54. The van der Waals surface area contributed by atoms with Gasteiger partial charge in [-0.2, -0.15) is 0 Å². The van der Waals surface area contributed by atoms with Crippen LogP contribution in [0.15, 0.2) is 18.2 Å². The van der Waals surface area contributed by atoms with Crippen LogP contribution in [0.1, 0.15) is 42.5 Å². The van der Waals surface area contributed by atoms with Crippen molar-refractivity contribution >= 4 is 28.2 Å². The van der Waals surface area contributed by atoms with Gasteiger partial charge < -0.3 is 15.2 Å². The van der Waals surface area contributed by atoms with Gasteiger partial charge in [0.15, 0.2) is 5.11 Å². The van der Waals surface area contributed by atoms with E-state index in [0.29, 0.717) is 5.92 Å². The van der Waals surface area contributed by atoms with Crippen molar-refractivity contribution in [1.29, 1.82) is 0 Å². The van der Waals surface area contributed by atoms with Crippen LogP contribution in [-0.2, 0) is 0 Å². The molecule has 22 heavy (non-hydrogen) atoms. The molecule has 2 heterocycles. The number of rotatable bonds is 2. The normalized spacial score (nSPS) is 16.2. The number of nitrogens with zero attached hydrogens (tertiary/aromatic N) is 1.